The summed E-state index contributed by atoms with van der Waals surface area (Å²) in [7, 11) is 0. The molecule has 3 aromatic rings. The maximum atomic E-state index is 14.3. The lowest BCUT2D eigenvalue weighted by atomic mass is 9.88. The summed E-state index contributed by atoms with van der Waals surface area (Å²) < 4.78 is 52.3. The first-order valence-corrected chi connectivity index (χ1v) is 14.2. The Bertz CT molecular complexity index is 1480. The van der Waals surface area contributed by atoms with Crippen molar-refractivity contribution in [2.24, 2.45) is 11.7 Å². The Morgan fingerprint density at radius 1 is 1.07 bits per heavy atom. The van der Waals surface area contributed by atoms with E-state index in [1.807, 2.05) is 25.7 Å². The first kappa shape index (κ1) is 29.7. The number of primary amides is 1. The summed E-state index contributed by atoms with van der Waals surface area (Å²) in [5, 5.41) is 0. The number of carbonyl (C=O) groups is 2. The Morgan fingerprint density at radius 3 is 2.36 bits per heavy atom. The summed E-state index contributed by atoms with van der Waals surface area (Å²) in [4.78, 5) is 39.3. The van der Waals surface area contributed by atoms with Crippen LogP contribution in [0.15, 0.2) is 24.5 Å². The molecule has 0 spiro atoms. The summed E-state index contributed by atoms with van der Waals surface area (Å²) in [5.74, 6) is 0.439. The summed E-state index contributed by atoms with van der Waals surface area (Å²) in [5.41, 5.74) is 5.78. The molecular formula is C30H36F3N5O4. The third-order valence-electron chi connectivity index (χ3n) is 7.95. The van der Waals surface area contributed by atoms with Gasteiger partial charge in [-0.05, 0) is 90.3 Å². The van der Waals surface area contributed by atoms with Gasteiger partial charge in [0, 0.05) is 22.8 Å². The molecule has 2 fully saturated rings. The second-order valence-electron chi connectivity index (χ2n) is 12.2. The molecule has 0 atom stereocenters. The van der Waals surface area contributed by atoms with Crippen molar-refractivity contribution >= 4 is 23.0 Å². The van der Waals surface area contributed by atoms with Crippen molar-refractivity contribution in [3.63, 3.8) is 0 Å². The van der Waals surface area contributed by atoms with Gasteiger partial charge in [-0.15, -0.1) is 0 Å². The van der Waals surface area contributed by atoms with Crippen LogP contribution in [0.3, 0.4) is 0 Å². The number of H-pyrrole nitrogens is 1. The zero-order valence-electron chi connectivity index (χ0n) is 24.2. The molecule has 2 aliphatic rings. The molecule has 42 heavy (non-hydrogen) atoms. The largest absolute Gasteiger partial charge is 0.493 e. The molecule has 0 bridgehead atoms. The zero-order valence-corrected chi connectivity index (χ0v) is 24.2. The molecule has 2 aromatic heterocycles. The lowest BCUT2D eigenvalue weighted by Gasteiger charge is -2.44. The fourth-order valence-electron chi connectivity index (χ4n) is 5.82. The van der Waals surface area contributed by atoms with Gasteiger partial charge in [0.2, 0.25) is 0 Å². The van der Waals surface area contributed by atoms with E-state index in [0.29, 0.717) is 66.2 Å². The van der Waals surface area contributed by atoms with Gasteiger partial charge in [-0.2, -0.15) is 13.2 Å². The molecule has 0 radical (unpaired) electrons. The normalized spacial score (nSPS) is 19.5. The minimum atomic E-state index is -4.56. The molecule has 2 saturated carbocycles. The van der Waals surface area contributed by atoms with Crippen molar-refractivity contribution in [3.8, 4) is 17.0 Å². The molecule has 0 unspecified atom stereocenters. The van der Waals surface area contributed by atoms with Crippen molar-refractivity contribution < 1.29 is 32.2 Å². The number of carbonyl (C=O) groups excluding carboxylic acids is 2. The van der Waals surface area contributed by atoms with Crippen LogP contribution in [0.4, 0.5) is 18.0 Å². The van der Waals surface area contributed by atoms with Crippen molar-refractivity contribution in [1.29, 1.82) is 0 Å². The van der Waals surface area contributed by atoms with Gasteiger partial charge < -0.3 is 25.1 Å². The minimum absolute atomic E-state index is 0.123. The number of hydrogen-bond acceptors (Lipinski definition) is 6. The summed E-state index contributed by atoms with van der Waals surface area (Å²) >= 11 is 0. The number of benzene rings is 1. The number of halogens is 3. The predicted octanol–water partition coefficient (Wildman–Crippen LogP) is 6.39. The quantitative estimate of drug-likeness (QED) is 0.330. The molecule has 2 aliphatic carbocycles. The Morgan fingerprint density at radius 2 is 1.76 bits per heavy atom. The Hall–Kier alpha value is -3.83. The first-order chi connectivity index (χ1) is 19.7. The predicted molar refractivity (Wildman–Crippen MR) is 150 cm³/mol. The van der Waals surface area contributed by atoms with E-state index in [0.717, 1.165) is 25.0 Å². The zero-order chi connectivity index (χ0) is 30.4. The number of alkyl halides is 3. The fraction of sp³-hybridized carbons (Fsp3) is 0.533. The third kappa shape index (κ3) is 6.17. The van der Waals surface area contributed by atoms with E-state index in [9.17, 15) is 22.8 Å². The van der Waals surface area contributed by atoms with Crippen LogP contribution in [0, 0.1) is 12.8 Å². The standard InChI is InChI=1S/C30H36F3N5O4/c1-16-23(27(39)38(29(2,3)4)19-8-10-20(11-9-19)42-28(34)40)25-26(37-16)24(35-15-36-25)21-13-18(30(31,32)33)7-12-22(21)41-14-17-5-6-17/h7,12-13,15,17,19-20,37H,5-6,8-11,14H2,1-4H3,(H2,34,40). The molecule has 1 aromatic carbocycles. The molecule has 5 rings (SSSR count). The number of ether oxygens (including phenoxy) is 2. The maximum Gasteiger partial charge on any atom is 0.416 e. The number of hydrogen-bond donors (Lipinski definition) is 2. The summed E-state index contributed by atoms with van der Waals surface area (Å²) in [6, 6.07) is 3.25. The fourth-order valence-corrected chi connectivity index (χ4v) is 5.82. The lowest BCUT2D eigenvalue weighted by molar-refractivity contribution is -0.137. The number of aromatic nitrogens is 3. The van der Waals surface area contributed by atoms with Gasteiger partial charge >= 0.3 is 12.3 Å². The highest BCUT2D eigenvalue weighted by atomic mass is 19.4. The minimum Gasteiger partial charge on any atom is -0.493 e. The lowest BCUT2D eigenvalue weighted by Crippen LogP contribution is -2.53. The topological polar surface area (TPSA) is 123 Å². The third-order valence-corrected chi connectivity index (χ3v) is 7.95. The molecule has 3 N–H and O–H groups in total. The van der Waals surface area contributed by atoms with Crippen molar-refractivity contribution in [2.45, 2.75) is 90.1 Å². The van der Waals surface area contributed by atoms with Crippen LogP contribution in [0.5, 0.6) is 5.75 Å². The van der Waals surface area contributed by atoms with Gasteiger partial charge in [0.1, 0.15) is 29.4 Å². The van der Waals surface area contributed by atoms with Gasteiger partial charge in [-0.3, -0.25) is 4.79 Å². The highest BCUT2D eigenvalue weighted by Crippen LogP contribution is 2.41. The highest BCUT2D eigenvalue weighted by molar-refractivity contribution is 6.09. The van der Waals surface area contributed by atoms with Crippen molar-refractivity contribution in [3.05, 3.63) is 41.3 Å². The number of amides is 2. The van der Waals surface area contributed by atoms with Gasteiger partial charge in [-0.25, -0.2) is 14.8 Å². The first-order valence-electron chi connectivity index (χ1n) is 14.2. The summed E-state index contributed by atoms with van der Waals surface area (Å²) in [6.07, 6.45) is 0.0510. The molecular weight excluding hydrogens is 551 g/mol. The molecule has 9 nitrogen and oxygen atoms in total. The van der Waals surface area contributed by atoms with E-state index in [1.165, 1.54) is 12.4 Å². The Kier molecular flexibility index (Phi) is 7.84. The van der Waals surface area contributed by atoms with Crippen LogP contribution in [0.2, 0.25) is 0 Å². The number of aryl methyl sites for hydroxylation is 1. The highest BCUT2D eigenvalue weighted by Gasteiger charge is 2.39. The molecule has 12 heteroatoms. The summed E-state index contributed by atoms with van der Waals surface area (Å²) in [6.45, 7) is 8.01. The molecule has 2 amide bonds. The van der Waals surface area contributed by atoms with Gasteiger partial charge in [0.15, 0.2) is 0 Å². The van der Waals surface area contributed by atoms with Gasteiger partial charge in [0.05, 0.1) is 23.3 Å². The van der Waals surface area contributed by atoms with Crippen LogP contribution in [-0.4, -0.2) is 56.1 Å². The van der Waals surface area contributed by atoms with E-state index < -0.39 is 23.4 Å². The SMILES string of the molecule is Cc1[nH]c2c(-c3cc(C(F)(F)F)ccc3OCC3CC3)ncnc2c1C(=O)N(C1CCC(OC(N)=O)CC1)C(C)(C)C. The second-order valence-corrected chi connectivity index (χ2v) is 12.2. The van der Waals surface area contributed by atoms with E-state index in [1.54, 1.807) is 6.92 Å². The van der Waals surface area contributed by atoms with Crippen LogP contribution in [0.1, 0.15) is 80.9 Å². The number of nitrogens with two attached hydrogens (primary N) is 1. The number of rotatable bonds is 7. The Balaban J connectivity index is 1.54. The second kappa shape index (κ2) is 11.1. The Labute approximate surface area is 242 Å². The molecule has 0 aliphatic heterocycles. The number of aromatic amines is 1. The van der Waals surface area contributed by atoms with E-state index in [-0.39, 0.29) is 29.3 Å². The molecule has 0 saturated heterocycles. The van der Waals surface area contributed by atoms with Crippen molar-refractivity contribution in [1.82, 2.24) is 19.9 Å². The maximum absolute atomic E-state index is 14.3. The molecule has 2 heterocycles. The average molecular weight is 588 g/mol. The number of fused-ring (bicyclic) bond motifs is 1. The van der Waals surface area contributed by atoms with Crippen molar-refractivity contribution in [2.75, 3.05) is 6.61 Å². The average Bonchev–Trinajstić information content (AvgIpc) is 3.66. The van der Waals surface area contributed by atoms with Gasteiger partial charge in [-0.1, -0.05) is 0 Å². The van der Waals surface area contributed by atoms with Crippen LogP contribution in [-0.2, 0) is 10.9 Å². The van der Waals surface area contributed by atoms with Crippen LogP contribution < -0.4 is 10.5 Å². The monoisotopic (exact) mass is 587 g/mol. The van der Waals surface area contributed by atoms with Crippen LogP contribution >= 0.6 is 0 Å². The van der Waals surface area contributed by atoms with Crippen LogP contribution in [0.25, 0.3) is 22.3 Å². The molecule has 226 valence electrons. The smallest absolute Gasteiger partial charge is 0.416 e. The number of nitrogens with one attached hydrogen (secondary N) is 1. The van der Waals surface area contributed by atoms with Gasteiger partial charge in [0.25, 0.3) is 5.91 Å². The van der Waals surface area contributed by atoms with E-state index in [4.69, 9.17) is 15.2 Å². The van der Waals surface area contributed by atoms with E-state index >= 15 is 0 Å². The van der Waals surface area contributed by atoms with E-state index in [2.05, 4.69) is 15.0 Å². The number of nitrogens with zero attached hydrogens (tertiary/aromatic N) is 3.